The zero-order valence-corrected chi connectivity index (χ0v) is 10.1. The van der Waals surface area contributed by atoms with Crippen LogP contribution in [0.4, 0.5) is 5.82 Å². The molecule has 0 amide bonds. The van der Waals surface area contributed by atoms with Crippen molar-refractivity contribution in [2.75, 3.05) is 12.4 Å². The third kappa shape index (κ3) is 3.23. The minimum Gasteiger partial charge on any atom is -0.372 e. The predicted molar refractivity (Wildman–Crippen MR) is 59.2 cm³/mol. The van der Waals surface area contributed by atoms with Gasteiger partial charge in [-0.3, -0.25) is 0 Å². The fourth-order valence-electron chi connectivity index (χ4n) is 0.890. The summed E-state index contributed by atoms with van der Waals surface area (Å²) in [4.78, 5) is 8.40. The molecule has 0 bridgehead atoms. The Hall–Kier alpha value is -0.680. The Balaban J connectivity index is 2.69. The lowest BCUT2D eigenvalue weighted by molar-refractivity contribution is 0.0613. The van der Waals surface area contributed by atoms with E-state index in [-0.39, 0.29) is 6.10 Å². The van der Waals surface area contributed by atoms with Crippen LogP contribution in [0.2, 0.25) is 0 Å². The molecule has 0 aliphatic rings. The van der Waals surface area contributed by atoms with Crippen molar-refractivity contribution in [2.24, 2.45) is 0 Å². The SMILES string of the molecule is CNc1nc(COC(C)C)ncc1Br. The van der Waals surface area contributed by atoms with Crippen LogP contribution in [0, 0.1) is 0 Å². The first kappa shape index (κ1) is 11.4. The second-order valence-electron chi connectivity index (χ2n) is 3.09. The van der Waals surface area contributed by atoms with E-state index < -0.39 is 0 Å². The van der Waals surface area contributed by atoms with Gasteiger partial charge in [-0.25, -0.2) is 9.97 Å². The Morgan fingerprint density at radius 2 is 2.29 bits per heavy atom. The molecule has 1 aromatic heterocycles. The average Bonchev–Trinajstić information content (AvgIpc) is 2.16. The summed E-state index contributed by atoms with van der Waals surface area (Å²) in [6, 6.07) is 0. The van der Waals surface area contributed by atoms with Gasteiger partial charge in [0.05, 0.1) is 10.6 Å². The van der Waals surface area contributed by atoms with Gasteiger partial charge >= 0.3 is 0 Å². The third-order valence-corrected chi connectivity index (χ3v) is 2.16. The van der Waals surface area contributed by atoms with Crippen molar-refractivity contribution >= 4 is 21.7 Å². The first-order valence-electron chi connectivity index (χ1n) is 4.44. The molecule has 1 rings (SSSR count). The monoisotopic (exact) mass is 259 g/mol. The van der Waals surface area contributed by atoms with Crippen molar-refractivity contribution in [3.8, 4) is 0 Å². The Morgan fingerprint density at radius 1 is 1.57 bits per heavy atom. The fourth-order valence-corrected chi connectivity index (χ4v) is 1.28. The number of anilines is 1. The maximum Gasteiger partial charge on any atom is 0.156 e. The number of halogens is 1. The third-order valence-electron chi connectivity index (χ3n) is 1.58. The number of hydrogen-bond donors (Lipinski definition) is 1. The quantitative estimate of drug-likeness (QED) is 0.901. The molecule has 14 heavy (non-hydrogen) atoms. The van der Waals surface area contributed by atoms with E-state index >= 15 is 0 Å². The summed E-state index contributed by atoms with van der Waals surface area (Å²) in [6.07, 6.45) is 1.91. The van der Waals surface area contributed by atoms with E-state index in [4.69, 9.17) is 4.74 Å². The Labute approximate surface area is 92.2 Å². The molecule has 4 nitrogen and oxygen atoms in total. The maximum absolute atomic E-state index is 5.40. The molecular formula is C9H14BrN3O. The lowest BCUT2D eigenvalue weighted by atomic mass is 10.5. The molecule has 0 aliphatic heterocycles. The van der Waals surface area contributed by atoms with Gasteiger partial charge in [-0.05, 0) is 29.8 Å². The van der Waals surface area contributed by atoms with E-state index in [1.807, 2.05) is 20.9 Å². The first-order chi connectivity index (χ1) is 6.63. The highest BCUT2D eigenvalue weighted by molar-refractivity contribution is 9.10. The van der Waals surface area contributed by atoms with Crippen LogP contribution in [-0.4, -0.2) is 23.1 Å². The molecule has 1 N–H and O–H groups in total. The minimum absolute atomic E-state index is 0.195. The topological polar surface area (TPSA) is 47.0 Å². The number of nitrogens with zero attached hydrogens (tertiary/aromatic N) is 2. The first-order valence-corrected chi connectivity index (χ1v) is 5.23. The number of aromatic nitrogens is 2. The number of hydrogen-bond acceptors (Lipinski definition) is 4. The Kier molecular flexibility index (Phi) is 4.28. The van der Waals surface area contributed by atoms with Gasteiger partial charge in [0.2, 0.25) is 0 Å². The van der Waals surface area contributed by atoms with E-state index in [2.05, 4.69) is 31.2 Å². The molecular weight excluding hydrogens is 246 g/mol. The zero-order valence-electron chi connectivity index (χ0n) is 8.54. The molecule has 0 unspecified atom stereocenters. The van der Waals surface area contributed by atoms with Crippen LogP contribution < -0.4 is 5.32 Å². The van der Waals surface area contributed by atoms with Gasteiger partial charge in [-0.2, -0.15) is 0 Å². The van der Waals surface area contributed by atoms with E-state index in [1.165, 1.54) is 0 Å². The molecule has 0 spiro atoms. The number of rotatable bonds is 4. The minimum atomic E-state index is 0.195. The standard InChI is InChI=1S/C9H14BrN3O/c1-6(2)14-5-8-12-4-7(10)9(11-3)13-8/h4,6H,5H2,1-3H3,(H,11,12,13). The van der Waals surface area contributed by atoms with Crippen LogP contribution in [-0.2, 0) is 11.3 Å². The smallest absolute Gasteiger partial charge is 0.156 e. The molecule has 0 saturated heterocycles. The highest BCUT2D eigenvalue weighted by atomic mass is 79.9. The van der Waals surface area contributed by atoms with Crippen LogP contribution in [0.1, 0.15) is 19.7 Å². The van der Waals surface area contributed by atoms with Gasteiger partial charge in [-0.1, -0.05) is 0 Å². The second-order valence-corrected chi connectivity index (χ2v) is 3.95. The number of nitrogens with one attached hydrogen (secondary N) is 1. The summed E-state index contributed by atoms with van der Waals surface area (Å²) in [5, 5.41) is 2.97. The van der Waals surface area contributed by atoms with Crippen LogP contribution in [0.25, 0.3) is 0 Å². The van der Waals surface area contributed by atoms with Crippen LogP contribution in [0.3, 0.4) is 0 Å². The van der Waals surface area contributed by atoms with Crippen molar-refractivity contribution in [3.05, 3.63) is 16.5 Å². The summed E-state index contributed by atoms with van der Waals surface area (Å²) in [7, 11) is 1.82. The number of ether oxygens (including phenoxy) is 1. The molecule has 5 heteroatoms. The second kappa shape index (κ2) is 5.26. The summed E-state index contributed by atoms with van der Waals surface area (Å²) in [5.41, 5.74) is 0. The van der Waals surface area contributed by atoms with Crippen molar-refractivity contribution < 1.29 is 4.74 Å². The molecule has 0 aromatic carbocycles. The molecule has 0 saturated carbocycles. The Bertz CT molecular complexity index is 304. The van der Waals surface area contributed by atoms with E-state index in [0.29, 0.717) is 12.4 Å². The van der Waals surface area contributed by atoms with Crippen LogP contribution in [0.5, 0.6) is 0 Å². The van der Waals surface area contributed by atoms with Gasteiger partial charge in [0, 0.05) is 13.2 Å². The lowest BCUT2D eigenvalue weighted by Crippen LogP contribution is -2.07. The van der Waals surface area contributed by atoms with Gasteiger partial charge in [0.1, 0.15) is 12.4 Å². The van der Waals surface area contributed by atoms with E-state index in [0.717, 1.165) is 10.3 Å². The molecule has 0 fully saturated rings. The molecule has 78 valence electrons. The molecule has 0 aliphatic carbocycles. The summed E-state index contributed by atoms with van der Waals surface area (Å²) >= 11 is 3.34. The summed E-state index contributed by atoms with van der Waals surface area (Å²) < 4.78 is 6.25. The largest absolute Gasteiger partial charge is 0.372 e. The van der Waals surface area contributed by atoms with Crippen molar-refractivity contribution in [3.63, 3.8) is 0 Å². The zero-order chi connectivity index (χ0) is 10.6. The fraction of sp³-hybridized carbons (Fsp3) is 0.556. The van der Waals surface area contributed by atoms with E-state index in [1.54, 1.807) is 6.20 Å². The Morgan fingerprint density at radius 3 is 2.86 bits per heavy atom. The van der Waals surface area contributed by atoms with Gasteiger partial charge in [0.15, 0.2) is 5.82 Å². The van der Waals surface area contributed by atoms with Crippen molar-refractivity contribution in [1.29, 1.82) is 0 Å². The predicted octanol–water partition coefficient (Wildman–Crippen LogP) is 2.21. The maximum atomic E-state index is 5.40. The highest BCUT2D eigenvalue weighted by Gasteiger charge is 2.04. The van der Waals surface area contributed by atoms with Crippen LogP contribution >= 0.6 is 15.9 Å². The van der Waals surface area contributed by atoms with Crippen molar-refractivity contribution in [2.45, 2.75) is 26.6 Å². The summed E-state index contributed by atoms with van der Waals surface area (Å²) in [5.74, 6) is 1.47. The molecule has 1 heterocycles. The molecule has 0 radical (unpaired) electrons. The average molecular weight is 260 g/mol. The molecule has 0 atom stereocenters. The van der Waals surface area contributed by atoms with Gasteiger partial charge in [0.25, 0.3) is 0 Å². The van der Waals surface area contributed by atoms with E-state index in [9.17, 15) is 0 Å². The summed E-state index contributed by atoms with van der Waals surface area (Å²) in [6.45, 7) is 4.41. The van der Waals surface area contributed by atoms with Crippen molar-refractivity contribution in [1.82, 2.24) is 9.97 Å². The lowest BCUT2D eigenvalue weighted by Gasteiger charge is -2.08. The van der Waals surface area contributed by atoms with Crippen LogP contribution in [0.15, 0.2) is 10.7 Å². The van der Waals surface area contributed by atoms with Gasteiger partial charge in [-0.15, -0.1) is 0 Å². The normalized spacial score (nSPS) is 10.6. The van der Waals surface area contributed by atoms with Gasteiger partial charge < -0.3 is 10.1 Å². The highest BCUT2D eigenvalue weighted by Crippen LogP contribution is 2.17. The molecule has 1 aromatic rings.